The molecule has 0 saturated carbocycles. The lowest BCUT2D eigenvalue weighted by atomic mass is 9.85. The summed E-state index contributed by atoms with van der Waals surface area (Å²) < 4.78 is 1.16. The van der Waals surface area contributed by atoms with Gasteiger partial charge in [0.2, 0.25) is 0 Å². The first-order chi connectivity index (χ1) is 7.14. The summed E-state index contributed by atoms with van der Waals surface area (Å²) in [4.78, 5) is 0. The van der Waals surface area contributed by atoms with Crippen LogP contribution in [0.25, 0.3) is 6.08 Å². The first kappa shape index (κ1) is 9.17. The highest BCUT2D eigenvalue weighted by atomic mass is 15.3. The average molecular weight is 200 g/mol. The monoisotopic (exact) mass is 200 g/mol. The fourth-order valence-electron chi connectivity index (χ4n) is 3.09. The maximum absolute atomic E-state index is 2.43. The van der Waals surface area contributed by atoms with Crippen LogP contribution in [0.1, 0.15) is 11.1 Å². The van der Waals surface area contributed by atoms with E-state index in [1.165, 1.54) is 30.6 Å². The Morgan fingerprint density at radius 2 is 2.00 bits per heavy atom. The van der Waals surface area contributed by atoms with Crippen LogP contribution in [0.3, 0.4) is 0 Å². The van der Waals surface area contributed by atoms with Gasteiger partial charge in [0.25, 0.3) is 0 Å². The van der Waals surface area contributed by atoms with Crippen LogP contribution < -0.4 is 0 Å². The Kier molecular flexibility index (Phi) is 1.81. The molecule has 78 valence electrons. The van der Waals surface area contributed by atoms with Gasteiger partial charge < -0.3 is 4.48 Å². The molecule has 1 aliphatic heterocycles. The Hall–Kier alpha value is -1.08. The fourth-order valence-corrected chi connectivity index (χ4v) is 3.09. The Morgan fingerprint density at radius 3 is 2.87 bits per heavy atom. The third-order valence-electron chi connectivity index (χ3n) is 3.71. The van der Waals surface area contributed by atoms with Gasteiger partial charge in [0.1, 0.15) is 6.54 Å². The smallest absolute Gasteiger partial charge is 0.101 e. The summed E-state index contributed by atoms with van der Waals surface area (Å²) in [7, 11) is 4.67. The minimum atomic E-state index is 0.801. The first-order valence-corrected chi connectivity index (χ1v) is 5.74. The van der Waals surface area contributed by atoms with Crippen molar-refractivity contribution in [2.24, 2.45) is 5.92 Å². The zero-order valence-corrected chi connectivity index (χ0v) is 9.53. The molecule has 0 radical (unpaired) electrons. The Balaban J connectivity index is 2.02. The summed E-state index contributed by atoms with van der Waals surface area (Å²) in [6, 6.07) is 8.83. The van der Waals surface area contributed by atoms with Crippen molar-refractivity contribution in [2.45, 2.75) is 6.42 Å². The van der Waals surface area contributed by atoms with E-state index >= 15 is 0 Å². The molecule has 2 aliphatic rings. The number of likely N-dealkylation sites (tertiary alicyclic amines) is 1. The lowest BCUT2D eigenvalue weighted by molar-refractivity contribution is -0.877. The molecule has 1 aliphatic carbocycles. The molecule has 0 spiro atoms. The molecular weight excluding hydrogens is 182 g/mol. The number of hydrogen-bond donors (Lipinski definition) is 0. The van der Waals surface area contributed by atoms with Gasteiger partial charge in [-0.1, -0.05) is 24.3 Å². The molecule has 0 N–H and O–H groups in total. The van der Waals surface area contributed by atoms with Gasteiger partial charge in [0.15, 0.2) is 0 Å². The molecule has 1 aromatic carbocycles. The fraction of sp³-hybridized carbons (Fsp3) is 0.429. The zero-order valence-electron chi connectivity index (χ0n) is 9.53. The second-order valence-electron chi connectivity index (χ2n) is 5.60. The maximum atomic E-state index is 2.43. The molecule has 1 fully saturated rings. The molecule has 0 bridgehead atoms. The number of likely N-dealkylation sites (N-methyl/N-ethyl adjacent to an activating group) is 1. The van der Waals surface area contributed by atoms with E-state index in [-0.39, 0.29) is 0 Å². The normalized spacial score (nSPS) is 26.8. The number of fused-ring (bicyclic) bond motifs is 2. The molecule has 1 saturated heterocycles. The second-order valence-corrected chi connectivity index (χ2v) is 5.60. The largest absolute Gasteiger partial charge is 0.324 e. The quantitative estimate of drug-likeness (QED) is 0.564. The van der Waals surface area contributed by atoms with Crippen molar-refractivity contribution in [3.8, 4) is 0 Å². The minimum Gasteiger partial charge on any atom is -0.324 e. The topological polar surface area (TPSA) is 0 Å². The average Bonchev–Trinajstić information content (AvgIpc) is 2.46. The summed E-state index contributed by atoms with van der Waals surface area (Å²) in [5, 5.41) is 0. The van der Waals surface area contributed by atoms with Crippen molar-refractivity contribution < 1.29 is 4.48 Å². The Labute approximate surface area is 91.6 Å². The van der Waals surface area contributed by atoms with Crippen LogP contribution >= 0.6 is 0 Å². The van der Waals surface area contributed by atoms with Crippen LogP contribution in [0.2, 0.25) is 0 Å². The van der Waals surface area contributed by atoms with Crippen LogP contribution in [0.15, 0.2) is 29.8 Å². The number of hydrogen-bond acceptors (Lipinski definition) is 0. The van der Waals surface area contributed by atoms with Gasteiger partial charge in [0, 0.05) is 5.92 Å². The van der Waals surface area contributed by atoms with E-state index in [2.05, 4.69) is 44.4 Å². The van der Waals surface area contributed by atoms with Crippen LogP contribution in [-0.4, -0.2) is 31.7 Å². The molecular formula is C14H18N+. The van der Waals surface area contributed by atoms with Crippen molar-refractivity contribution in [1.29, 1.82) is 0 Å². The van der Waals surface area contributed by atoms with Gasteiger partial charge in [-0.2, -0.15) is 0 Å². The maximum Gasteiger partial charge on any atom is 0.101 e. The van der Waals surface area contributed by atoms with E-state index in [0.717, 1.165) is 10.4 Å². The number of rotatable bonds is 0. The van der Waals surface area contributed by atoms with Crippen molar-refractivity contribution >= 4 is 6.08 Å². The second kappa shape index (κ2) is 2.96. The van der Waals surface area contributed by atoms with Gasteiger partial charge in [-0.05, 0) is 29.2 Å². The molecule has 1 aromatic rings. The molecule has 3 rings (SSSR count). The van der Waals surface area contributed by atoms with E-state index in [1.807, 2.05) is 0 Å². The van der Waals surface area contributed by atoms with E-state index in [4.69, 9.17) is 0 Å². The number of benzene rings is 1. The third kappa shape index (κ3) is 1.51. The van der Waals surface area contributed by atoms with Crippen LogP contribution in [0.4, 0.5) is 0 Å². The Bertz CT molecular complexity index is 429. The van der Waals surface area contributed by atoms with E-state index in [1.54, 1.807) is 5.57 Å². The first-order valence-electron chi connectivity index (χ1n) is 5.74. The predicted molar refractivity (Wildman–Crippen MR) is 63.5 cm³/mol. The van der Waals surface area contributed by atoms with Crippen molar-refractivity contribution in [3.05, 3.63) is 41.0 Å². The van der Waals surface area contributed by atoms with Crippen LogP contribution in [-0.2, 0) is 6.42 Å². The Morgan fingerprint density at radius 1 is 1.20 bits per heavy atom. The third-order valence-corrected chi connectivity index (χ3v) is 3.71. The SMILES string of the molecule is C[N+]1(C)CC2=Cc3ccccc3C[C@H]2C1. The summed E-state index contributed by atoms with van der Waals surface area (Å²) in [6.07, 6.45) is 3.68. The molecule has 15 heavy (non-hydrogen) atoms. The summed E-state index contributed by atoms with van der Waals surface area (Å²) >= 11 is 0. The summed E-state index contributed by atoms with van der Waals surface area (Å²) in [5.74, 6) is 0.801. The molecule has 0 amide bonds. The van der Waals surface area contributed by atoms with Gasteiger partial charge >= 0.3 is 0 Å². The highest BCUT2D eigenvalue weighted by Gasteiger charge is 2.37. The molecule has 1 heteroatoms. The highest BCUT2D eigenvalue weighted by molar-refractivity contribution is 5.60. The predicted octanol–water partition coefficient (Wildman–Crippen LogP) is 2.33. The lowest BCUT2D eigenvalue weighted by Crippen LogP contribution is -2.36. The van der Waals surface area contributed by atoms with Gasteiger partial charge in [-0.15, -0.1) is 0 Å². The van der Waals surface area contributed by atoms with E-state index in [9.17, 15) is 0 Å². The minimum absolute atomic E-state index is 0.801. The summed E-state index contributed by atoms with van der Waals surface area (Å²) in [6.45, 7) is 2.54. The molecule has 1 heterocycles. The van der Waals surface area contributed by atoms with E-state index < -0.39 is 0 Å². The number of quaternary nitrogens is 1. The zero-order chi connectivity index (χ0) is 10.5. The number of nitrogens with zero attached hydrogens (tertiary/aromatic N) is 1. The van der Waals surface area contributed by atoms with Gasteiger partial charge in [-0.3, -0.25) is 0 Å². The standard InChI is InChI=1S/C14H18N/c1-15(2)9-13-7-11-5-3-4-6-12(11)8-14(13)10-15/h3-7,14H,8-10H2,1-2H3/q+1/t14-/m0/s1. The van der Waals surface area contributed by atoms with Crippen LogP contribution in [0, 0.1) is 5.92 Å². The van der Waals surface area contributed by atoms with E-state index in [0.29, 0.717) is 0 Å². The van der Waals surface area contributed by atoms with Crippen LogP contribution in [0.5, 0.6) is 0 Å². The highest BCUT2D eigenvalue weighted by Crippen LogP contribution is 2.35. The lowest BCUT2D eigenvalue weighted by Gasteiger charge is -2.22. The molecule has 1 atom stereocenters. The summed E-state index contributed by atoms with van der Waals surface area (Å²) in [5.41, 5.74) is 4.65. The van der Waals surface area contributed by atoms with Gasteiger partial charge in [-0.25, -0.2) is 0 Å². The van der Waals surface area contributed by atoms with Crippen molar-refractivity contribution in [3.63, 3.8) is 0 Å². The molecule has 1 nitrogen and oxygen atoms in total. The van der Waals surface area contributed by atoms with Crippen molar-refractivity contribution in [2.75, 3.05) is 27.2 Å². The van der Waals surface area contributed by atoms with Crippen molar-refractivity contribution in [1.82, 2.24) is 0 Å². The molecule has 0 aromatic heterocycles. The van der Waals surface area contributed by atoms with Gasteiger partial charge in [0.05, 0.1) is 20.6 Å². The molecule has 0 unspecified atom stereocenters.